The molecule has 1 fully saturated rings. The van der Waals surface area contributed by atoms with E-state index in [1.54, 1.807) is 11.0 Å². The molecule has 0 radical (unpaired) electrons. The smallest absolute Gasteiger partial charge is 0.260 e. The van der Waals surface area contributed by atoms with Gasteiger partial charge in [-0.05, 0) is 31.9 Å². The highest BCUT2D eigenvalue weighted by Crippen LogP contribution is 2.26. The Morgan fingerprint density at radius 3 is 2.33 bits per heavy atom. The molecule has 1 aromatic carbocycles. The number of hydrogen-bond acceptors (Lipinski definition) is 4. The number of likely N-dealkylation sites (tertiary alicyclic amines) is 1. The first-order chi connectivity index (χ1) is 11.6. The van der Waals surface area contributed by atoms with Gasteiger partial charge in [0.2, 0.25) is 5.91 Å². The number of benzene rings is 1. The highest BCUT2D eigenvalue weighted by molar-refractivity contribution is 5.78. The van der Waals surface area contributed by atoms with Crippen LogP contribution >= 0.6 is 0 Å². The molecule has 0 aliphatic carbocycles. The van der Waals surface area contributed by atoms with Crippen molar-refractivity contribution in [3.8, 4) is 11.5 Å². The molecule has 0 saturated carbocycles. The third-order valence-electron chi connectivity index (χ3n) is 4.03. The minimum absolute atomic E-state index is 0.00390. The fourth-order valence-corrected chi connectivity index (χ4v) is 2.68. The first-order valence-electron chi connectivity index (χ1n) is 8.55. The predicted octanol–water partition coefficient (Wildman–Crippen LogP) is 1.98. The van der Waals surface area contributed by atoms with Crippen molar-refractivity contribution in [3.05, 3.63) is 24.3 Å². The molecule has 2 rings (SSSR count). The van der Waals surface area contributed by atoms with E-state index in [4.69, 9.17) is 9.47 Å². The van der Waals surface area contributed by atoms with Crippen molar-refractivity contribution in [1.29, 1.82) is 0 Å². The standard InChI is InChI=1S/C18H26N2O4/c1-3-17(21)19-14-9-11-20(12-10-14)18(22)13-24-16-8-6-5-7-15(16)23-4-2/h5-8,14H,3-4,9-13H2,1-2H3,(H,19,21). The summed E-state index contributed by atoms with van der Waals surface area (Å²) in [6.07, 6.45) is 2.06. The van der Waals surface area contributed by atoms with Crippen molar-refractivity contribution in [3.63, 3.8) is 0 Å². The van der Waals surface area contributed by atoms with Crippen molar-refractivity contribution < 1.29 is 19.1 Å². The number of amides is 2. The van der Waals surface area contributed by atoms with E-state index in [9.17, 15) is 9.59 Å². The van der Waals surface area contributed by atoms with Crippen LogP contribution in [0, 0.1) is 0 Å². The van der Waals surface area contributed by atoms with Crippen LogP contribution in [0.3, 0.4) is 0 Å². The van der Waals surface area contributed by atoms with Gasteiger partial charge in [0.25, 0.3) is 5.91 Å². The molecular formula is C18H26N2O4. The first-order valence-corrected chi connectivity index (χ1v) is 8.55. The van der Waals surface area contributed by atoms with Crippen LogP contribution in [0.15, 0.2) is 24.3 Å². The highest BCUT2D eigenvalue weighted by atomic mass is 16.5. The minimum atomic E-state index is -0.0402. The molecule has 2 amide bonds. The van der Waals surface area contributed by atoms with Crippen LogP contribution in [0.25, 0.3) is 0 Å². The summed E-state index contributed by atoms with van der Waals surface area (Å²) in [4.78, 5) is 25.5. The third kappa shape index (κ3) is 5.15. The number of ether oxygens (including phenoxy) is 2. The number of para-hydroxylation sites is 2. The number of carbonyl (C=O) groups is 2. The second kappa shape index (κ2) is 9.15. The van der Waals surface area contributed by atoms with E-state index >= 15 is 0 Å². The zero-order chi connectivity index (χ0) is 17.4. The van der Waals surface area contributed by atoms with Gasteiger partial charge in [-0.25, -0.2) is 0 Å². The van der Waals surface area contributed by atoms with Crippen molar-refractivity contribution in [2.75, 3.05) is 26.3 Å². The number of nitrogens with one attached hydrogen (secondary N) is 1. The molecule has 24 heavy (non-hydrogen) atoms. The van der Waals surface area contributed by atoms with Gasteiger partial charge in [0.1, 0.15) is 0 Å². The van der Waals surface area contributed by atoms with E-state index in [0.717, 1.165) is 12.8 Å². The van der Waals surface area contributed by atoms with Crippen LogP contribution in [0.5, 0.6) is 11.5 Å². The van der Waals surface area contributed by atoms with Gasteiger partial charge < -0.3 is 19.7 Å². The Balaban J connectivity index is 1.79. The molecule has 1 aliphatic rings. The number of carbonyl (C=O) groups excluding carboxylic acids is 2. The van der Waals surface area contributed by atoms with Crippen LogP contribution in [-0.4, -0.2) is 49.1 Å². The lowest BCUT2D eigenvalue weighted by Gasteiger charge is -2.32. The number of piperidine rings is 1. The Morgan fingerprint density at radius 2 is 1.75 bits per heavy atom. The van der Waals surface area contributed by atoms with Gasteiger partial charge in [0.15, 0.2) is 18.1 Å². The molecule has 1 N–H and O–H groups in total. The zero-order valence-corrected chi connectivity index (χ0v) is 14.4. The van der Waals surface area contributed by atoms with Crippen molar-refractivity contribution in [1.82, 2.24) is 10.2 Å². The summed E-state index contributed by atoms with van der Waals surface area (Å²) in [5.41, 5.74) is 0. The average molecular weight is 334 g/mol. The van der Waals surface area contributed by atoms with E-state index in [2.05, 4.69) is 5.32 Å². The molecule has 0 aromatic heterocycles. The molecule has 0 unspecified atom stereocenters. The van der Waals surface area contributed by atoms with Gasteiger partial charge in [0, 0.05) is 25.6 Å². The lowest BCUT2D eigenvalue weighted by molar-refractivity contribution is -0.134. The monoisotopic (exact) mass is 334 g/mol. The Morgan fingerprint density at radius 1 is 1.12 bits per heavy atom. The average Bonchev–Trinajstić information content (AvgIpc) is 2.61. The largest absolute Gasteiger partial charge is 0.490 e. The van der Waals surface area contributed by atoms with Crippen LogP contribution in [-0.2, 0) is 9.59 Å². The second-order valence-electron chi connectivity index (χ2n) is 5.74. The lowest BCUT2D eigenvalue weighted by Crippen LogP contribution is -2.47. The fourth-order valence-electron chi connectivity index (χ4n) is 2.68. The summed E-state index contributed by atoms with van der Waals surface area (Å²) in [7, 11) is 0. The Bertz CT molecular complexity index is 554. The summed E-state index contributed by atoms with van der Waals surface area (Å²) in [6, 6.07) is 7.51. The minimum Gasteiger partial charge on any atom is -0.490 e. The van der Waals surface area contributed by atoms with Crippen LogP contribution in [0.2, 0.25) is 0 Å². The molecular weight excluding hydrogens is 308 g/mol. The summed E-state index contributed by atoms with van der Waals surface area (Å²) in [6.45, 7) is 5.57. The molecule has 0 bridgehead atoms. The van der Waals surface area contributed by atoms with Crippen molar-refractivity contribution in [2.24, 2.45) is 0 Å². The van der Waals surface area contributed by atoms with E-state index < -0.39 is 0 Å². The number of hydrogen-bond donors (Lipinski definition) is 1. The van der Waals surface area contributed by atoms with Crippen LogP contribution < -0.4 is 14.8 Å². The van der Waals surface area contributed by atoms with E-state index in [1.165, 1.54) is 0 Å². The molecule has 6 heteroatoms. The quantitative estimate of drug-likeness (QED) is 0.828. The number of rotatable bonds is 7. The second-order valence-corrected chi connectivity index (χ2v) is 5.74. The SMILES string of the molecule is CCOc1ccccc1OCC(=O)N1CCC(NC(=O)CC)CC1. The van der Waals surface area contributed by atoms with E-state index in [0.29, 0.717) is 37.6 Å². The van der Waals surface area contributed by atoms with Gasteiger partial charge in [0.05, 0.1) is 6.61 Å². The Kier molecular flexibility index (Phi) is 6.90. The summed E-state index contributed by atoms with van der Waals surface area (Å²) < 4.78 is 11.1. The maximum absolute atomic E-state index is 12.3. The van der Waals surface area contributed by atoms with Gasteiger partial charge >= 0.3 is 0 Å². The van der Waals surface area contributed by atoms with Gasteiger partial charge in [-0.2, -0.15) is 0 Å². The topological polar surface area (TPSA) is 67.9 Å². The Labute approximate surface area is 143 Å². The van der Waals surface area contributed by atoms with Crippen LogP contribution in [0.4, 0.5) is 0 Å². The maximum Gasteiger partial charge on any atom is 0.260 e. The highest BCUT2D eigenvalue weighted by Gasteiger charge is 2.23. The lowest BCUT2D eigenvalue weighted by atomic mass is 10.0. The summed E-state index contributed by atoms with van der Waals surface area (Å²) >= 11 is 0. The normalized spacial score (nSPS) is 15.0. The molecule has 1 aliphatic heterocycles. The van der Waals surface area contributed by atoms with Crippen molar-refractivity contribution in [2.45, 2.75) is 39.2 Å². The van der Waals surface area contributed by atoms with Gasteiger partial charge in [-0.3, -0.25) is 9.59 Å². The van der Waals surface area contributed by atoms with Gasteiger partial charge in [-0.15, -0.1) is 0 Å². The molecule has 6 nitrogen and oxygen atoms in total. The summed E-state index contributed by atoms with van der Waals surface area (Å²) in [5, 5.41) is 2.98. The Hall–Kier alpha value is -2.24. The number of nitrogens with zero attached hydrogens (tertiary/aromatic N) is 1. The maximum atomic E-state index is 12.3. The summed E-state index contributed by atoms with van der Waals surface area (Å²) in [5.74, 6) is 1.25. The molecule has 132 valence electrons. The van der Waals surface area contributed by atoms with Crippen LogP contribution in [0.1, 0.15) is 33.1 Å². The molecule has 1 heterocycles. The predicted molar refractivity (Wildman–Crippen MR) is 91.1 cm³/mol. The third-order valence-corrected chi connectivity index (χ3v) is 4.03. The molecule has 1 aromatic rings. The van der Waals surface area contributed by atoms with Crippen molar-refractivity contribution >= 4 is 11.8 Å². The first kappa shape index (κ1) is 18.1. The molecule has 0 atom stereocenters. The zero-order valence-electron chi connectivity index (χ0n) is 14.4. The van der Waals surface area contributed by atoms with E-state index in [-0.39, 0.29) is 24.5 Å². The van der Waals surface area contributed by atoms with Gasteiger partial charge in [-0.1, -0.05) is 19.1 Å². The molecule has 0 spiro atoms. The van der Waals surface area contributed by atoms with E-state index in [1.807, 2.05) is 32.0 Å². The fraction of sp³-hybridized carbons (Fsp3) is 0.556. The molecule has 1 saturated heterocycles.